The van der Waals surface area contributed by atoms with E-state index in [1.54, 1.807) is 0 Å². The third kappa shape index (κ3) is 3.43. The van der Waals surface area contributed by atoms with Crippen LogP contribution in [-0.4, -0.2) is 32.2 Å². The lowest BCUT2D eigenvalue weighted by Gasteiger charge is -2.21. The summed E-state index contributed by atoms with van der Waals surface area (Å²) in [7, 11) is 4.18. The highest BCUT2D eigenvalue weighted by molar-refractivity contribution is 4.74. The molecule has 0 spiro atoms. The Morgan fingerprint density at radius 3 is 1.80 bits per heavy atom. The number of nitrogens with one attached hydrogen (secondary N) is 1. The Labute approximate surface area is 63.4 Å². The summed E-state index contributed by atoms with van der Waals surface area (Å²) in [6.45, 7) is 9.17. The zero-order valence-electron chi connectivity index (χ0n) is 6.93. The lowest BCUT2D eigenvalue weighted by Crippen LogP contribution is -3.12. The van der Waals surface area contributed by atoms with Crippen molar-refractivity contribution in [1.29, 1.82) is 0 Å². The van der Waals surface area contributed by atoms with E-state index < -0.39 is 0 Å². The quantitative estimate of drug-likeness (QED) is 0.409. The topological polar surface area (TPSA) is 7.68 Å². The lowest BCUT2D eigenvalue weighted by atomic mass is 10.5. The van der Waals surface area contributed by atoms with Crippen LogP contribution >= 0.6 is 0 Å². The van der Waals surface area contributed by atoms with Gasteiger partial charge in [0.05, 0.1) is 27.2 Å². The average Bonchev–Trinajstić information content (AvgIpc) is 1.87. The minimum Gasteiger partial charge on any atom is -0.259 e. The predicted molar refractivity (Wildman–Crippen MR) is 44.8 cm³/mol. The van der Waals surface area contributed by atoms with Crippen molar-refractivity contribution in [1.82, 2.24) is 5.01 Å². The molecule has 2 heteroatoms. The molecule has 0 radical (unpaired) electrons. The van der Waals surface area contributed by atoms with Gasteiger partial charge in [-0.3, -0.25) is 5.01 Å². The zero-order valence-corrected chi connectivity index (χ0v) is 6.93. The molecule has 0 rings (SSSR count). The summed E-state index contributed by atoms with van der Waals surface area (Å²) >= 11 is 0. The molecular weight excluding hydrogens is 124 g/mol. The van der Waals surface area contributed by atoms with Gasteiger partial charge in [-0.1, -0.05) is 12.2 Å². The van der Waals surface area contributed by atoms with Crippen LogP contribution in [-0.2, 0) is 0 Å². The standard InChI is InChI=1S/C8H16N2/c1-5-7-10(8-6-2)9(3)4/h5-6H,1-2,7-8H2,3-4H3/p+1. The largest absolute Gasteiger partial charge is 0.259 e. The van der Waals surface area contributed by atoms with Gasteiger partial charge in [-0.15, -0.1) is 18.2 Å². The van der Waals surface area contributed by atoms with E-state index in [4.69, 9.17) is 0 Å². The Balaban J connectivity index is 3.70. The Hall–Kier alpha value is -0.600. The van der Waals surface area contributed by atoms with Crippen molar-refractivity contribution in [3.05, 3.63) is 25.3 Å². The second-order valence-electron chi connectivity index (χ2n) is 2.43. The molecule has 0 aliphatic rings. The van der Waals surface area contributed by atoms with Crippen LogP contribution < -0.4 is 5.01 Å². The van der Waals surface area contributed by atoms with E-state index in [2.05, 4.69) is 32.3 Å². The van der Waals surface area contributed by atoms with Gasteiger partial charge in [0.15, 0.2) is 0 Å². The molecule has 0 unspecified atom stereocenters. The van der Waals surface area contributed by atoms with Crippen LogP contribution in [0.4, 0.5) is 0 Å². The van der Waals surface area contributed by atoms with Gasteiger partial charge >= 0.3 is 0 Å². The predicted octanol–water partition coefficient (Wildman–Crippen LogP) is -0.280. The van der Waals surface area contributed by atoms with Crippen molar-refractivity contribution in [2.45, 2.75) is 0 Å². The van der Waals surface area contributed by atoms with Crippen LogP contribution in [0.15, 0.2) is 25.3 Å². The number of quaternary nitrogens is 1. The fourth-order valence-electron chi connectivity index (χ4n) is 0.751. The van der Waals surface area contributed by atoms with Gasteiger partial charge in [-0.25, -0.2) is 0 Å². The highest BCUT2D eigenvalue weighted by Gasteiger charge is 2.04. The van der Waals surface area contributed by atoms with E-state index in [0.717, 1.165) is 13.1 Å². The first-order valence-corrected chi connectivity index (χ1v) is 3.49. The molecular formula is C8H17N2+. The maximum absolute atomic E-state index is 3.68. The Bertz CT molecular complexity index is 97.8. The van der Waals surface area contributed by atoms with Crippen molar-refractivity contribution >= 4 is 0 Å². The van der Waals surface area contributed by atoms with E-state index in [-0.39, 0.29) is 0 Å². The molecule has 0 amide bonds. The highest BCUT2D eigenvalue weighted by atomic mass is 15.6. The smallest absolute Gasteiger partial charge is 0.0841 e. The molecule has 0 aliphatic carbocycles. The first-order valence-electron chi connectivity index (χ1n) is 3.49. The van der Waals surface area contributed by atoms with E-state index in [1.165, 1.54) is 5.01 Å². The first-order chi connectivity index (χ1) is 4.72. The highest BCUT2D eigenvalue weighted by Crippen LogP contribution is 1.76. The summed E-state index contributed by atoms with van der Waals surface area (Å²) in [5.74, 6) is 0. The number of hydrogen-bond acceptors (Lipinski definition) is 1. The summed E-state index contributed by atoms with van der Waals surface area (Å²) in [6, 6.07) is 0. The second kappa shape index (κ2) is 5.21. The van der Waals surface area contributed by atoms with Crippen molar-refractivity contribution in [2.75, 3.05) is 27.2 Å². The van der Waals surface area contributed by atoms with Crippen LogP contribution in [0, 0.1) is 0 Å². The van der Waals surface area contributed by atoms with Gasteiger partial charge in [-0.05, 0) is 0 Å². The molecule has 0 bridgehead atoms. The molecule has 0 saturated heterocycles. The molecule has 0 fully saturated rings. The average molecular weight is 141 g/mol. The zero-order chi connectivity index (χ0) is 7.98. The van der Waals surface area contributed by atoms with Crippen molar-refractivity contribution < 1.29 is 5.01 Å². The van der Waals surface area contributed by atoms with Crippen molar-refractivity contribution in [3.8, 4) is 0 Å². The molecule has 58 valence electrons. The summed E-state index contributed by atoms with van der Waals surface area (Å²) in [5, 5.41) is 3.51. The van der Waals surface area contributed by atoms with Gasteiger partial charge < -0.3 is 0 Å². The fraction of sp³-hybridized carbons (Fsp3) is 0.500. The molecule has 0 aromatic heterocycles. The van der Waals surface area contributed by atoms with Crippen LogP contribution in [0.1, 0.15) is 0 Å². The molecule has 0 aromatic rings. The molecule has 0 saturated carbocycles. The van der Waals surface area contributed by atoms with Crippen LogP contribution in [0.2, 0.25) is 0 Å². The Morgan fingerprint density at radius 2 is 1.60 bits per heavy atom. The molecule has 1 N–H and O–H groups in total. The summed E-state index contributed by atoms with van der Waals surface area (Å²) < 4.78 is 0. The molecule has 0 aromatic carbocycles. The second-order valence-corrected chi connectivity index (χ2v) is 2.43. The third-order valence-electron chi connectivity index (χ3n) is 1.33. The number of hydrogen-bond donors (Lipinski definition) is 1. The maximum atomic E-state index is 3.68. The minimum atomic E-state index is 0.911. The van der Waals surface area contributed by atoms with E-state index in [0.29, 0.717) is 0 Å². The van der Waals surface area contributed by atoms with E-state index in [9.17, 15) is 0 Å². The van der Waals surface area contributed by atoms with E-state index in [1.807, 2.05) is 12.2 Å². The SMILES string of the molecule is C=CCN(CC=C)[NH+](C)C. The third-order valence-corrected chi connectivity index (χ3v) is 1.33. The monoisotopic (exact) mass is 141 g/mol. The Kier molecular flexibility index (Phi) is 4.89. The molecule has 10 heavy (non-hydrogen) atoms. The first kappa shape index (κ1) is 9.40. The summed E-state index contributed by atoms with van der Waals surface area (Å²) in [6.07, 6.45) is 3.80. The Morgan fingerprint density at radius 1 is 1.20 bits per heavy atom. The molecule has 0 aliphatic heterocycles. The lowest BCUT2D eigenvalue weighted by molar-refractivity contribution is -0.980. The summed E-state index contributed by atoms with van der Waals surface area (Å²) in [5.41, 5.74) is 0. The number of nitrogens with zero attached hydrogens (tertiary/aromatic N) is 1. The molecule has 0 atom stereocenters. The van der Waals surface area contributed by atoms with Crippen LogP contribution in [0.3, 0.4) is 0 Å². The van der Waals surface area contributed by atoms with Crippen molar-refractivity contribution in [2.24, 2.45) is 0 Å². The fourth-order valence-corrected chi connectivity index (χ4v) is 0.751. The molecule has 2 nitrogen and oxygen atoms in total. The normalized spacial score (nSPS) is 10.4. The van der Waals surface area contributed by atoms with Gasteiger partial charge in [0, 0.05) is 0 Å². The summed E-state index contributed by atoms with van der Waals surface area (Å²) in [4.78, 5) is 0. The van der Waals surface area contributed by atoms with Gasteiger partial charge in [0.2, 0.25) is 0 Å². The van der Waals surface area contributed by atoms with Crippen LogP contribution in [0.5, 0.6) is 0 Å². The van der Waals surface area contributed by atoms with E-state index >= 15 is 0 Å². The van der Waals surface area contributed by atoms with Gasteiger partial charge in [0.1, 0.15) is 0 Å². The van der Waals surface area contributed by atoms with Gasteiger partial charge in [0.25, 0.3) is 0 Å². The number of rotatable bonds is 5. The van der Waals surface area contributed by atoms with Crippen LogP contribution in [0.25, 0.3) is 0 Å². The molecule has 0 heterocycles. The van der Waals surface area contributed by atoms with Crippen molar-refractivity contribution in [3.63, 3.8) is 0 Å². The maximum Gasteiger partial charge on any atom is 0.0841 e. The van der Waals surface area contributed by atoms with Gasteiger partial charge in [-0.2, -0.15) is 0 Å². The minimum absolute atomic E-state index is 0.911.